The fourth-order valence-corrected chi connectivity index (χ4v) is 2.26. The zero-order valence-electron chi connectivity index (χ0n) is 9.61. The van der Waals surface area contributed by atoms with Crippen LogP contribution >= 0.6 is 0 Å². The van der Waals surface area contributed by atoms with Gasteiger partial charge in [-0.3, -0.25) is 9.59 Å². The van der Waals surface area contributed by atoms with E-state index in [1.165, 1.54) is 0 Å². The van der Waals surface area contributed by atoms with E-state index in [1.54, 1.807) is 4.90 Å². The van der Waals surface area contributed by atoms with Crippen molar-refractivity contribution in [3.05, 3.63) is 0 Å². The van der Waals surface area contributed by atoms with Gasteiger partial charge in [0.05, 0.1) is 12.0 Å². The molecule has 2 rings (SSSR count). The van der Waals surface area contributed by atoms with E-state index < -0.39 is 0 Å². The molecule has 92 valence electrons. The third kappa shape index (κ3) is 2.56. The lowest BCUT2D eigenvalue weighted by Crippen LogP contribution is -2.56. The molecular formula is C11H16N4O2. The molecule has 2 unspecified atom stereocenters. The summed E-state index contributed by atoms with van der Waals surface area (Å²) in [5, 5.41) is 14.8. The topological polar surface area (TPSA) is 85.2 Å². The Morgan fingerprint density at radius 3 is 2.94 bits per heavy atom. The molecule has 0 aromatic heterocycles. The standard InChI is InChI=1S/C11H16N4O2/c12-5-9-7-13-3-4-15(9)11(17)8-1-2-10(16)14-6-8/h8-9,13H,1-4,6-7H2,(H,14,16). The minimum absolute atomic E-state index is 0.00181. The lowest BCUT2D eigenvalue weighted by molar-refractivity contribution is -0.139. The van der Waals surface area contributed by atoms with Gasteiger partial charge in [0.2, 0.25) is 11.8 Å². The van der Waals surface area contributed by atoms with E-state index in [4.69, 9.17) is 5.26 Å². The smallest absolute Gasteiger partial charge is 0.228 e. The summed E-state index contributed by atoms with van der Waals surface area (Å²) in [6.07, 6.45) is 0.993. The molecule has 0 aromatic carbocycles. The summed E-state index contributed by atoms with van der Waals surface area (Å²) >= 11 is 0. The normalized spacial score (nSPS) is 29.4. The number of piperidine rings is 1. The second-order valence-electron chi connectivity index (χ2n) is 4.42. The number of carbonyl (C=O) groups excluding carboxylic acids is 2. The molecule has 2 N–H and O–H groups in total. The van der Waals surface area contributed by atoms with E-state index in [9.17, 15) is 9.59 Å². The van der Waals surface area contributed by atoms with Crippen LogP contribution in [-0.2, 0) is 9.59 Å². The van der Waals surface area contributed by atoms with Crippen LogP contribution in [0.15, 0.2) is 0 Å². The molecule has 0 radical (unpaired) electrons. The van der Waals surface area contributed by atoms with Crippen molar-refractivity contribution in [3.8, 4) is 6.07 Å². The third-order valence-corrected chi connectivity index (χ3v) is 3.29. The van der Waals surface area contributed by atoms with E-state index in [-0.39, 0.29) is 23.8 Å². The van der Waals surface area contributed by atoms with Crippen molar-refractivity contribution in [1.29, 1.82) is 5.26 Å². The molecule has 0 aliphatic carbocycles. The average molecular weight is 236 g/mol. The largest absolute Gasteiger partial charge is 0.355 e. The molecule has 2 aliphatic rings. The first-order chi connectivity index (χ1) is 8.22. The number of hydrogen-bond donors (Lipinski definition) is 2. The molecule has 17 heavy (non-hydrogen) atoms. The Labute approximate surface area is 100.0 Å². The van der Waals surface area contributed by atoms with E-state index >= 15 is 0 Å². The second kappa shape index (κ2) is 5.15. The minimum Gasteiger partial charge on any atom is -0.355 e. The second-order valence-corrected chi connectivity index (χ2v) is 4.42. The number of carbonyl (C=O) groups is 2. The Kier molecular flexibility index (Phi) is 3.59. The summed E-state index contributed by atoms with van der Waals surface area (Å²) in [4.78, 5) is 24.9. The predicted octanol–water partition coefficient (Wildman–Crippen LogP) is -1.16. The van der Waals surface area contributed by atoms with Gasteiger partial charge in [0.15, 0.2) is 0 Å². The van der Waals surface area contributed by atoms with Gasteiger partial charge in [-0.1, -0.05) is 0 Å². The number of piperazine rings is 1. The first-order valence-corrected chi connectivity index (χ1v) is 5.90. The van der Waals surface area contributed by atoms with Gasteiger partial charge in [-0.15, -0.1) is 0 Å². The quantitative estimate of drug-likeness (QED) is 0.601. The number of rotatable bonds is 1. The number of hydrogen-bond acceptors (Lipinski definition) is 4. The first kappa shape index (κ1) is 11.9. The summed E-state index contributed by atoms with van der Waals surface area (Å²) in [7, 11) is 0. The van der Waals surface area contributed by atoms with Crippen LogP contribution in [0, 0.1) is 17.2 Å². The number of nitriles is 1. The average Bonchev–Trinajstić information content (AvgIpc) is 2.39. The lowest BCUT2D eigenvalue weighted by Gasteiger charge is -2.35. The Balaban J connectivity index is 1.98. The predicted molar refractivity (Wildman–Crippen MR) is 59.7 cm³/mol. The summed E-state index contributed by atoms with van der Waals surface area (Å²) in [6.45, 7) is 2.23. The van der Waals surface area contributed by atoms with E-state index in [0.717, 1.165) is 6.54 Å². The molecule has 6 heteroatoms. The molecule has 2 aliphatic heterocycles. The summed E-state index contributed by atoms with van der Waals surface area (Å²) < 4.78 is 0. The molecular weight excluding hydrogens is 220 g/mol. The molecule has 0 spiro atoms. The van der Waals surface area contributed by atoms with Gasteiger partial charge in [-0.05, 0) is 6.42 Å². The van der Waals surface area contributed by atoms with Gasteiger partial charge in [0, 0.05) is 32.6 Å². The van der Waals surface area contributed by atoms with Crippen LogP contribution < -0.4 is 10.6 Å². The highest BCUT2D eigenvalue weighted by Gasteiger charge is 2.33. The molecule has 2 heterocycles. The maximum absolute atomic E-state index is 12.2. The van der Waals surface area contributed by atoms with Gasteiger partial charge in [0.25, 0.3) is 0 Å². The monoisotopic (exact) mass is 236 g/mol. The Morgan fingerprint density at radius 1 is 1.47 bits per heavy atom. The fraction of sp³-hybridized carbons (Fsp3) is 0.727. The zero-order chi connectivity index (χ0) is 12.3. The number of nitrogens with zero attached hydrogens (tertiary/aromatic N) is 2. The Hall–Kier alpha value is -1.61. The van der Waals surface area contributed by atoms with Crippen LogP contribution in [0.25, 0.3) is 0 Å². The summed E-state index contributed by atoms with van der Waals surface area (Å²) in [5.41, 5.74) is 0. The van der Waals surface area contributed by atoms with E-state index in [2.05, 4.69) is 16.7 Å². The van der Waals surface area contributed by atoms with E-state index in [0.29, 0.717) is 32.5 Å². The van der Waals surface area contributed by atoms with Crippen LogP contribution in [0.2, 0.25) is 0 Å². The van der Waals surface area contributed by atoms with E-state index in [1.807, 2.05) is 0 Å². The summed E-state index contributed by atoms with van der Waals surface area (Å²) in [5.74, 6) is -0.161. The van der Waals surface area contributed by atoms with Gasteiger partial charge >= 0.3 is 0 Å². The number of amides is 2. The molecule has 0 aromatic rings. The minimum atomic E-state index is -0.381. The van der Waals surface area contributed by atoms with Gasteiger partial charge in [-0.25, -0.2) is 0 Å². The maximum atomic E-state index is 12.2. The summed E-state index contributed by atoms with van der Waals surface area (Å²) in [6, 6.07) is 1.76. The first-order valence-electron chi connectivity index (χ1n) is 5.90. The molecule has 2 amide bonds. The SMILES string of the molecule is N#CC1CNCCN1C(=O)C1CCC(=O)NC1. The van der Waals surface area contributed by atoms with Crippen molar-refractivity contribution in [1.82, 2.24) is 15.5 Å². The molecule has 2 atom stereocenters. The molecule has 0 saturated carbocycles. The van der Waals surface area contributed by atoms with Crippen molar-refractivity contribution < 1.29 is 9.59 Å². The fourth-order valence-electron chi connectivity index (χ4n) is 2.26. The van der Waals surface area contributed by atoms with Crippen LogP contribution in [0.3, 0.4) is 0 Å². The third-order valence-electron chi connectivity index (χ3n) is 3.29. The highest BCUT2D eigenvalue weighted by atomic mass is 16.2. The highest BCUT2D eigenvalue weighted by Crippen LogP contribution is 2.16. The Morgan fingerprint density at radius 2 is 2.29 bits per heavy atom. The van der Waals surface area contributed by atoms with Crippen molar-refractivity contribution in [2.75, 3.05) is 26.2 Å². The number of nitrogens with one attached hydrogen (secondary N) is 2. The van der Waals surface area contributed by atoms with Gasteiger partial charge < -0.3 is 15.5 Å². The van der Waals surface area contributed by atoms with Crippen LogP contribution in [0.4, 0.5) is 0 Å². The van der Waals surface area contributed by atoms with Gasteiger partial charge in [0.1, 0.15) is 6.04 Å². The van der Waals surface area contributed by atoms with Crippen molar-refractivity contribution in [3.63, 3.8) is 0 Å². The molecule has 2 fully saturated rings. The van der Waals surface area contributed by atoms with Gasteiger partial charge in [-0.2, -0.15) is 5.26 Å². The van der Waals surface area contributed by atoms with Crippen molar-refractivity contribution in [2.45, 2.75) is 18.9 Å². The van der Waals surface area contributed by atoms with Crippen molar-refractivity contribution >= 4 is 11.8 Å². The van der Waals surface area contributed by atoms with Crippen molar-refractivity contribution in [2.24, 2.45) is 5.92 Å². The molecule has 6 nitrogen and oxygen atoms in total. The molecule has 2 saturated heterocycles. The maximum Gasteiger partial charge on any atom is 0.228 e. The molecule has 0 bridgehead atoms. The zero-order valence-corrected chi connectivity index (χ0v) is 9.61. The van der Waals surface area contributed by atoms with Crippen LogP contribution in [-0.4, -0.2) is 48.9 Å². The van der Waals surface area contributed by atoms with Crippen LogP contribution in [0.1, 0.15) is 12.8 Å². The van der Waals surface area contributed by atoms with Crippen LogP contribution in [0.5, 0.6) is 0 Å². The highest BCUT2D eigenvalue weighted by molar-refractivity contribution is 5.84. The Bertz CT molecular complexity index is 353. The lowest BCUT2D eigenvalue weighted by atomic mass is 9.96.